The van der Waals surface area contributed by atoms with Crippen LogP contribution in [-0.2, 0) is 24.9 Å². The van der Waals surface area contributed by atoms with Crippen molar-refractivity contribution in [2.24, 2.45) is 7.05 Å². The largest absolute Gasteiger partial charge is 0.476 e. The third-order valence-electron chi connectivity index (χ3n) is 4.31. The van der Waals surface area contributed by atoms with Gasteiger partial charge in [0.1, 0.15) is 6.61 Å². The Morgan fingerprint density at radius 3 is 2.85 bits per heavy atom. The summed E-state index contributed by atoms with van der Waals surface area (Å²) in [6, 6.07) is 9.50. The molecule has 138 valence electrons. The van der Waals surface area contributed by atoms with E-state index in [0.29, 0.717) is 18.7 Å². The maximum absolute atomic E-state index is 11.9. The van der Waals surface area contributed by atoms with Gasteiger partial charge in [-0.3, -0.25) is 9.58 Å². The van der Waals surface area contributed by atoms with Crippen molar-refractivity contribution in [1.29, 1.82) is 0 Å². The summed E-state index contributed by atoms with van der Waals surface area (Å²) >= 11 is 0. The van der Waals surface area contributed by atoms with E-state index in [4.69, 9.17) is 4.74 Å². The lowest BCUT2D eigenvalue weighted by Crippen LogP contribution is -2.37. The summed E-state index contributed by atoms with van der Waals surface area (Å²) in [6.45, 7) is 2.15. The molecule has 0 aliphatic carbocycles. The molecule has 8 nitrogen and oxygen atoms in total. The Labute approximate surface area is 151 Å². The van der Waals surface area contributed by atoms with Crippen molar-refractivity contribution in [1.82, 2.24) is 20.0 Å². The molecule has 2 N–H and O–H groups in total. The predicted molar refractivity (Wildman–Crippen MR) is 93.6 cm³/mol. The minimum absolute atomic E-state index is 0.0109. The summed E-state index contributed by atoms with van der Waals surface area (Å²) < 4.78 is 6.74. The highest BCUT2D eigenvalue weighted by molar-refractivity contribution is 5.86. The van der Waals surface area contributed by atoms with Crippen LogP contribution in [0.15, 0.2) is 36.5 Å². The molecule has 0 saturated carbocycles. The van der Waals surface area contributed by atoms with Crippen molar-refractivity contribution in [3.05, 3.63) is 53.3 Å². The topological polar surface area (TPSA) is 96.7 Å². The van der Waals surface area contributed by atoms with Crippen molar-refractivity contribution in [2.75, 3.05) is 13.1 Å². The highest BCUT2D eigenvalue weighted by Gasteiger charge is 2.26. The number of nitrogens with one attached hydrogen (secondary N) is 1. The second-order valence-electron chi connectivity index (χ2n) is 6.41. The van der Waals surface area contributed by atoms with Gasteiger partial charge in [-0.15, -0.1) is 0 Å². The fourth-order valence-corrected chi connectivity index (χ4v) is 3.10. The van der Waals surface area contributed by atoms with Crippen LogP contribution in [0, 0.1) is 0 Å². The zero-order chi connectivity index (χ0) is 18.5. The number of carboxylic acid groups (broad SMARTS) is 1. The second-order valence-corrected chi connectivity index (χ2v) is 6.41. The van der Waals surface area contributed by atoms with Gasteiger partial charge in [0.25, 0.3) is 0 Å². The molecule has 1 amide bonds. The van der Waals surface area contributed by atoms with Crippen LogP contribution in [0.5, 0.6) is 0 Å². The number of aromatic nitrogens is 2. The molecule has 0 bridgehead atoms. The van der Waals surface area contributed by atoms with Crippen molar-refractivity contribution >= 4 is 12.1 Å². The molecular formula is C18H22N4O4. The molecule has 8 heteroatoms. The van der Waals surface area contributed by atoms with Gasteiger partial charge >= 0.3 is 12.1 Å². The van der Waals surface area contributed by atoms with Crippen LogP contribution in [-0.4, -0.2) is 51.0 Å². The van der Waals surface area contributed by atoms with Gasteiger partial charge in [-0.05, 0) is 12.0 Å². The average Bonchev–Trinajstić information content (AvgIpc) is 3.20. The molecule has 2 heterocycles. The molecule has 1 aliphatic rings. The number of benzene rings is 1. The number of hydrogen-bond acceptors (Lipinski definition) is 5. The maximum atomic E-state index is 11.9. The Balaban J connectivity index is 1.46. The van der Waals surface area contributed by atoms with E-state index in [2.05, 4.69) is 15.3 Å². The molecular weight excluding hydrogens is 336 g/mol. The number of carbonyl (C=O) groups excluding carboxylic acids is 1. The Morgan fingerprint density at radius 1 is 1.35 bits per heavy atom. The normalized spacial score (nSPS) is 17.2. The number of nitrogens with zero attached hydrogens (tertiary/aromatic N) is 3. The fourth-order valence-electron chi connectivity index (χ4n) is 3.10. The Hall–Kier alpha value is -2.87. The minimum Gasteiger partial charge on any atom is -0.476 e. The van der Waals surface area contributed by atoms with Crippen LogP contribution < -0.4 is 5.32 Å². The number of alkyl carbamates (subject to hydrolysis) is 1. The van der Waals surface area contributed by atoms with E-state index in [9.17, 15) is 14.7 Å². The van der Waals surface area contributed by atoms with Gasteiger partial charge in [0.2, 0.25) is 0 Å². The van der Waals surface area contributed by atoms with E-state index < -0.39 is 12.1 Å². The van der Waals surface area contributed by atoms with Gasteiger partial charge in [0.05, 0.1) is 0 Å². The van der Waals surface area contributed by atoms with E-state index in [1.807, 2.05) is 30.3 Å². The van der Waals surface area contributed by atoms with Crippen molar-refractivity contribution in [3.63, 3.8) is 0 Å². The lowest BCUT2D eigenvalue weighted by atomic mass is 10.2. The Kier molecular flexibility index (Phi) is 5.52. The van der Waals surface area contributed by atoms with Crippen LogP contribution in [0.4, 0.5) is 4.79 Å². The number of amides is 1. The summed E-state index contributed by atoms with van der Waals surface area (Å²) in [4.78, 5) is 25.3. The first-order valence-corrected chi connectivity index (χ1v) is 8.46. The molecule has 0 radical (unpaired) electrons. The van der Waals surface area contributed by atoms with Crippen molar-refractivity contribution in [3.8, 4) is 0 Å². The molecule has 1 atom stereocenters. The SMILES string of the molecule is Cn1cc(CN2CCC(NC(=O)OCc3ccccc3)C2)c(C(=O)O)n1. The molecule has 3 rings (SSSR count). The number of carbonyl (C=O) groups is 2. The zero-order valence-electron chi connectivity index (χ0n) is 14.6. The summed E-state index contributed by atoms with van der Waals surface area (Å²) in [5.74, 6) is -1.03. The number of aryl methyl sites for hydroxylation is 1. The third kappa shape index (κ3) is 4.60. The number of likely N-dealkylation sites (tertiary alicyclic amines) is 1. The molecule has 1 aromatic heterocycles. The number of ether oxygens (including phenoxy) is 1. The predicted octanol–water partition coefficient (Wildman–Crippen LogP) is 1.62. The molecule has 1 aromatic carbocycles. The van der Waals surface area contributed by atoms with Gasteiger partial charge in [-0.1, -0.05) is 30.3 Å². The third-order valence-corrected chi connectivity index (χ3v) is 4.31. The van der Waals surface area contributed by atoms with E-state index >= 15 is 0 Å². The van der Waals surface area contributed by atoms with Gasteiger partial charge < -0.3 is 15.2 Å². The highest BCUT2D eigenvalue weighted by atomic mass is 16.5. The van der Waals surface area contributed by atoms with Gasteiger partial charge in [-0.2, -0.15) is 5.10 Å². The van der Waals surface area contributed by atoms with Gasteiger partial charge in [0.15, 0.2) is 5.69 Å². The molecule has 1 saturated heterocycles. The molecule has 1 unspecified atom stereocenters. The first kappa shape index (κ1) is 17.9. The Morgan fingerprint density at radius 2 is 2.12 bits per heavy atom. The number of aromatic carboxylic acids is 1. The minimum atomic E-state index is -1.03. The summed E-state index contributed by atoms with van der Waals surface area (Å²) in [7, 11) is 1.70. The summed E-state index contributed by atoms with van der Waals surface area (Å²) in [5.41, 5.74) is 1.69. The molecule has 26 heavy (non-hydrogen) atoms. The lowest BCUT2D eigenvalue weighted by molar-refractivity contribution is 0.0687. The van der Waals surface area contributed by atoms with Crippen LogP contribution >= 0.6 is 0 Å². The van der Waals surface area contributed by atoms with Crippen LogP contribution in [0.2, 0.25) is 0 Å². The van der Waals surface area contributed by atoms with Crippen LogP contribution in [0.25, 0.3) is 0 Å². The average molecular weight is 358 g/mol. The van der Waals surface area contributed by atoms with E-state index in [-0.39, 0.29) is 18.3 Å². The van der Waals surface area contributed by atoms with Crippen LogP contribution in [0.3, 0.4) is 0 Å². The quantitative estimate of drug-likeness (QED) is 0.814. The van der Waals surface area contributed by atoms with E-state index in [0.717, 1.165) is 18.5 Å². The molecule has 0 spiro atoms. The van der Waals surface area contributed by atoms with Gasteiger partial charge in [0, 0.05) is 44.5 Å². The number of hydrogen-bond donors (Lipinski definition) is 2. The maximum Gasteiger partial charge on any atom is 0.407 e. The van der Waals surface area contributed by atoms with E-state index in [1.54, 1.807) is 13.2 Å². The van der Waals surface area contributed by atoms with Gasteiger partial charge in [-0.25, -0.2) is 9.59 Å². The first-order chi connectivity index (χ1) is 12.5. The van der Waals surface area contributed by atoms with Crippen molar-refractivity contribution in [2.45, 2.75) is 25.6 Å². The molecule has 1 aliphatic heterocycles. The molecule has 2 aromatic rings. The van der Waals surface area contributed by atoms with Crippen LogP contribution in [0.1, 0.15) is 28.0 Å². The molecule has 1 fully saturated rings. The van der Waals surface area contributed by atoms with E-state index in [1.165, 1.54) is 4.68 Å². The first-order valence-electron chi connectivity index (χ1n) is 8.46. The highest BCUT2D eigenvalue weighted by Crippen LogP contribution is 2.16. The fraction of sp³-hybridized carbons (Fsp3) is 0.389. The monoisotopic (exact) mass is 358 g/mol. The lowest BCUT2D eigenvalue weighted by Gasteiger charge is -2.16. The smallest absolute Gasteiger partial charge is 0.407 e. The number of rotatable bonds is 6. The second kappa shape index (κ2) is 8.01. The zero-order valence-corrected chi connectivity index (χ0v) is 14.6. The summed E-state index contributed by atoms with van der Waals surface area (Å²) in [5, 5.41) is 16.0. The standard InChI is InChI=1S/C18H22N4O4/c1-21-9-14(16(20-21)17(23)24)10-22-8-7-15(11-22)19-18(25)26-12-13-5-3-2-4-6-13/h2-6,9,15H,7-8,10-12H2,1H3,(H,19,25)(H,23,24). The number of carboxylic acids is 1. The Bertz CT molecular complexity index is 775. The van der Waals surface area contributed by atoms with Crippen molar-refractivity contribution < 1.29 is 19.4 Å². The summed E-state index contributed by atoms with van der Waals surface area (Å²) in [6.07, 6.45) is 2.08.